The maximum absolute atomic E-state index is 5.71. The van der Waals surface area contributed by atoms with Crippen LogP contribution < -0.4 is 20.9 Å². The number of nitrogens with one attached hydrogen (secondary N) is 1. The predicted molar refractivity (Wildman–Crippen MR) is 226 cm³/mol. The second-order valence-corrected chi connectivity index (χ2v) is 14.3. The van der Waals surface area contributed by atoms with Crippen molar-refractivity contribution in [2.75, 3.05) is 73.5 Å². The average Bonchev–Trinajstić information content (AvgIpc) is 3.68. The van der Waals surface area contributed by atoms with Gasteiger partial charge < -0.3 is 39.5 Å². The predicted octanol–water partition coefficient (Wildman–Crippen LogP) is 7.69. The molecule has 8 heterocycles. The molecule has 0 aliphatic carbocycles. The van der Waals surface area contributed by atoms with Gasteiger partial charge in [0.2, 0.25) is 0 Å². The third-order valence-electron chi connectivity index (χ3n) is 9.99. The molecule has 2 saturated heterocycles. The van der Waals surface area contributed by atoms with Gasteiger partial charge in [-0.15, -0.1) is 0 Å². The Bertz CT molecular complexity index is 2580. The van der Waals surface area contributed by atoms with Gasteiger partial charge in [0.1, 0.15) is 21.7 Å². The minimum atomic E-state index is 0.784. The lowest BCUT2D eigenvalue weighted by Crippen LogP contribution is -2.36. The zero-order valence-corrected chi connectivity index (χ0v) is 32.5. The molecule has 13 heteroatoms. The van der Waals surface area contributed by atoms with Gasteiger partial charge in [0, 0.05) is 109 Å². The van der Waals surface area contributed by atoms with Crippen LogP contribution in [0.5, 0.6) is 0 Å². The lowest BCUT2D eigenvalue weighted by Gasteiger charge is -2.29. The molecule has 280 valence electrons. The van der Waals surface area contributed by atoms with E-state index >= 15 is 0 Å². The third-order valence-corrected chi connectivity index (χ3v) is 10.4. The molecular weight excluding hydrogens is 756 g/mol. The number of morpholine rings is 2. The van der Waals surface area contributed by atoms with Crippen LogP contribution in [0.15, 0.2) is 114 Å². The second-order valence-electron chi connectivity index (χ2n) is 13.4. The third kappa shape index (κ3) is 7.90. The Morgan fingerprint density at radius 1 is 0.618 bits per heavy atom. The van der Waals surface area contributed by atoms with E-state index in [2.05, 4.69) is 97.6 Å². The number of hydrogen-bond donors (Lipinski definition) is 2. The van der Waals surface area contributed by atoms with Crippen LogP contribution in [-0.4, -0.2) is 81.7 Å². The number of nitrogens with zero attached hydrogens (tertiary/aromatic N) is 8. The fourth-order valence-electron chi connectivity index (χ4n) is 7.17. The van der Waals surface area contributed by atoms with E-state index in [1.54, 1.807) is 6.20 Å². The van der Waals surface area contributed by atoms with E-state index in [4.69, 9.17) is 20.2 Å². The Morgan fingerprint density at radius 3 is 1.76 bits per heavy atom. The number of aryl methyl sites for hydroxylation is 2. The average molecular weight is 800 g/mol. The van der Waals surface area contributed by atoms with Crippen molar-refractivity contribution in [1.82, 2.24) is 29.1 Å². The molecule has 0 atom stereocenters. The first-order valence-electron chi connectivity index (χ1n) is 18.3. The number of ether oxygens (including phenoxy) is 2. The van der Waals surface area contributed by atoms with E-state index < -0.39 is 0 Å². The van der Waals surface area contributed by atoms with E-state index in [0.29, 0.717) is 0 Å². The number of nitrogen functional groups attached to an aromatic ring is 1. The topological polar surface area (TPSA) is 124 Å². The van der Waals surface area contributed by atoms with E-state index in [1.165, 1.54) is 11.4 Å². The van der Waals surface area contributed by atoms with Gasteiger partial charge in [-0.1, -0.05) is 12.1 Å². The highest BCUT2D eigenvalue weighted by Crippen LogP contribution is 2.30. The summed E-state index contributed by atoms with van der Waals surface area (Å²) in [6.45, 7) is 6.98. The quantitative estimate of drug-likeness (QED) is 0.135. The normalized spacial score (nSPS) is 14.5. The van der Waals surface area contributed by atoms with Gasteiger partial charge in [0.05, 0.1) is 37.5 Å². The minimum absolute atomic E-state index is 0.784. The van der Waals surface area contributed by atoms with Gasteiger partial charge in [-0.25, -0.2) is 9.97 Å². The highest BCUT2D eigenvalue weighted by Gasteiger charge is 2.14. The molecule has 55 heavy (non-hydrogen) atoms. The molecule has 6 aromatic heterocycles. The highest BCUT2D eigenvalue weighted by molar-refractivity contribution is 9.10. The largest absolute Gasteiger partial charge is 0.399 e. The van der Waals surface area contributed by atoms with Crippen LogP contribution in [0.4, 0.5) is 28.6 Å². The van der Waals surface area contributed by atoms with Crippen LogP contribution in [0.25, 0.3) is 43.9 Å². The number of hydrogen-bond acceptors (Lipinski definition) is 10. The summed E-state index contributed by atoms with van der Waals surface area (Å²) in [5, 5.41) is 7.99. The molecule has 8 aromatic rings. The summed E-state index contributed by atoms with van der Waals surface area (Å²) in [7, 11) is 4.06. The van der Waals surface area contributed by atoms with Gasteiger partial charge in [-0.05, 0) is 88.7 Å². The van der Waals surface area contributed by atoms with Crippen molar-refractivity contribution < 1.29 is 9.47 Å². The number of anilines is 5. The first kappa shape index (κ1) is 36.2. The van der Waals surface area contributed by atoms with Crippen molar-refractivity contribution in [3.8, 4) is 0 Å². The summed E-state index contributed by atoms with van der Waals surface area (Å²) in [5.41, 5.74) is 14.2. The molecule has 2 fully saturated rings. The number of aromatic nitrogens is 6. The summed E-state index contributed by atoms with van der Waals surface area (Å²) in [6.07, 6.45) is 7.40. The number of benzene rings is 2. The summed E-state index contributed by atoms with van der Waals surface area (Å²) in [4.78, 5) is 22.3. The summed E-state index contributed by atoms with van der Waals surface area (Å²) < 4.78 is 15.8. The molecule has 2 aliphatic rings. The van der Waals surface area contributed by atoms with E-state index in [1.807, 2.05) is 75.2 Å². The van der Waals surface area contributed by atoms with E-state index in [0.717, 1.165) is 118 Å². The smallest absolute Gasteiger partial charge is 0.143 e. The molecular formula is C42H43BrN10O2. The molecule has 10 rings (SSSR count). The van der Waals surface area contributed by atoms with E-state index in [9.17, 15) is 0 Å². The maximum atomic E-state index is 5.71. The van der Waals surface area contributed by atoms with Gasteiger partial charge in [0.25, 0.3) is 0 Å². The zero-order chi connectivity index (χ0) is 37.7. The second kappa shape index (κ2) is 16.3. The molecule has 12 nitrogen and oxygen atoms in total. The molecule has 0 radical (unpaired) electrons. The standard InChI is InChI=1S/C21H21N5O.C11H8BrN3.C10H14N2O/c1-25-19-7-8-22-14-18(19)17-5-6-20(24-21(17)25)23-15-3-2-4-16(13-15)26-9-11-27-12-10-26;1-15-9-4-5-13-6-8(9)7-2-3-10(12)14-11(7)15;11-9-2-1-3-10(8-9)12-4-6-13-7-5-12/h2-8,13-14H,9-12H2,1H3,(H,23,24);2-6H,1H3;1-3,8H,4-7,11H2. The maximum Gasteiger partial charge on any atom is 0.143 e. The van der Waals surface area contributed by atoms with Crippen molar-refractivity contribution in [3.63, 3.8) is 0 Å². The monoisotopic (exact) mass is 798 g/mol. The van der Waals surface area contributed by atoms with Crippen LogP contribution in [0, 0.1) is 0 Å². The number of pyridine rings is 4. The number of rotatable bonds is 4. The van der Waals surface area contributed by atoms with Gasteiger partial charge in [-0.2, -0.15) is 0 Å². The fraction of sp³-hybridized carbons (Fsp3) is 0.238. The van der Waals surface area contributed by atoms with Crippen molar-refractivity contribution in [2.24, 2.45) is 14.1 Å². The Labute approximate surface area is 327 Å². The molecule has 0 amide bonds. The summed E-state index contributed by atoms with van der Waals surface area (Å²) in [5.74, 6) is 0.834. The van der Waals surface area contributed by atoms with Gasteiger partial charge in [0.15, 0.2) is 0 Å². The molecule has 3 N–H and O–H groups in total. The minimum Gasteiger partial charge on any atom is -0.399 e. The van der Waals surface area contributed by atoms with Crippen LogP contribution >= 0.6 is 15.9 Å². The van der Waals surface area contributed by atoms with Crippen molar-refractivity contribution in [2.45, 2.75) is 0 Å². The zero-order valence-electron chi connectivity index (χ0n) is 30.9. The molecule has 0 saturated carbocycles. The molecule has 2 aliphatic heterocycles. The van der Waals surface area contributed by atoms with Crippen LogP contribution in [0.3, 0.4) is 0 Å². The number of fused-ring (bicyclic) bond motifs is 6. The van der Waals surface area contributed by atoms with Crippen LogP contribution in [-0.2, 0) is 23.6 Å². The Balaban J connectivity index is 0.000000129. The lowest BCUT2D eigenvalue weighted by molar-refractivity contribution is 0.122. The van der Waals surface area contributed by atoms with Crippen LogP contribution in [0.1, 0.15) is 0 Å². The SMILES string of the molecule is Cn1c2ccncc2c2ccc(Br)nc21.Cn1c2ccncc2c2ccc(Nc3cccc(N4CCOCC4)c3)nc21.Nc1cccc(N2CCOCC2)c1. The van der Waals surface area contributed by atoms with Crippen molar-refractivity contribution >= 4 is 88.4 Å². The van der Waals surface area contributed by atoms with Gasteiger partial charge >= 0.3 is 0 Å². The van der Waals surface area contributed by atoms with Crippen molar-refractivity contribution in [3.05, 3.63) is 114 Å². The van der Waals surface area contributed by atoms with Crippen molar-refractivity contribution in [1.29, 1.82) is 0 Å². The highest BCUT2D eigenvalue weighted by atomic mass is 79.9. The number of nitrogens with two attached hydrogens (primary N) is 1. The molecule has 0 spiro atoms. The first-order chi connectivity index (χ1) is 26.9. The summed E-state index contributed by atoms with van der Waals surface area (Å²) >= 11 is 3.38. The summed E-state index contributed by atoms with van der Waals surface area (Å²) in [6, 6.07) is 28.6. The molecule has 2 aromatic carbocycles. The lowest BCUT2D eigenvalue weighted by atomic mass is 10.2. The Kier molecular flexibility index (Phi) is 10.7. The Hall–Kier alpha value is -5.76. The fourth-order valence-corrected chi connectivity index (χ4v) is 7.47. The molecule has 0 unspecified atom stereocenters. The van der Waals surface area contributed by atoms with Crippen LogP contribution in [0.2, 0.25) is 0 Å². The van der Waals surface area contributed by atoms with Gasteiger partial charge in [-0.3, -0.25) is 9.97 Å². The number of halogens is 1. The Morgan fingerprint density at radius 2 is 1.16 bits per heavy atom. The van der Waals surface area contributed by atoms with E-state index in [-0.39, 0.29) is 0 Å². The first-order valence-corrected chi connectivity index (χ1v) is 19.1. The molecule has 0 bridgehead atoms.